The molecule has 0 spiro atoms. The Labute approximate surface area is 125 Å². The zero-order chi connectivity index (χ0) is 15.5. The van der Waals surface area contributed by atoms with Crippen molar-refractivity contribution in [1.29, 1.82) is 0 Å². The van der Waals surface area contributed by atoms with Gasteiger partial charge in [-0.2, -0.15) is 0 Å². The van der Waals surface area contributed by atoms with E-state index in [4.69, 9.17) is 10.5 Å². The molecule has 1 aromatic carbocycles. The molecule has 2 rings (SSSR count). The van der Waals surface area contributed by atoms with Crippen LogP contribution in [0, 0.1) is 11.2 Å². The minimum Gasteiger partial charge on any atom is -0.490 e. The van der Waals surface area contributed by atoms with Crippen molar-refractivity contribution in [2.75, 3.05) is 19.7 Å². The lowest BCUT2D eigenvalue weighted by molar-refractivity contribution is -0.135. The molecule has 5 heteroatoms. The molecule has 1 heterocycles. The van der Waals surface area contributed by atoms with Gasteiger partial charge in [0.15, 0.2) is 11.6 Å². The lowest BCUT2D eigenvalue weighted by Crippen LogP contribution is -2.54. The van der Waals surface area contributed by atoms with Crippen molar-refractivity contribution < 1.29 is 13.9 Å². The summed E-state index contributed by atoms with van der Waals surface area (Å²) in [6.45, 7) is 5.68. The molecule has 0 radical (unpaired) electrons. The molecule has 4 nitrogen and oxygen atoms in total. The number of benzene rings is 1. The molecular weight excluding hydrogens is 271 g/mol. The maximum atomic E-state index is 13.4. The highest BCUT2D eigenvalue weighted by atomic mass is 19.1. The molecule has 0 aliphatic carbocycles. The summed E-state index contributed by atoms with van der Waals surface area (Å²) in [5.41, 5.74) is 5.99. The molecule has 0 aromatic heterocycles. The van der Waals surface area contributed by atoms with Crippen LogP contribution < -0.4 is 10.5 Å². The summed E-state index contributed by atoms with van der Waals surface area (Å²) in [6.07, 6.45) is 1.06. The molecule has 21 heavy (non-hydrogen) atoms. The van der Waals surface area contributed by atoms with Crippen LogP contribution in [0.5, 0.6) is 5.75 Å². The number of likely N-dealkylation sites (tertiary alicyclic amines) is 1. The molecule has 0 saturated carbocycles. The second kappa shape index (κ2) is 6.43. The number of nitrogens with zero attached hydrogens (tertiary/aromatic N) is 1. The number of rotatable bonds is 4. The predicted octanol–water partition coefficient (Wildman–Crippen LogP) is 2.18. The van der Waals surface area contributed by atoms with Gasteiger partial charge in [-0.05, 0) is 24.0 Å². The highest BCUT2D eigenvalue weighted by molar-refractivity contribution is 5.76. The first-order valence-corrected chi connectivity index (χ1v) is 7.31. The second-order valence-corrected chi connectivity index (χ2v) is 6.23. The number of hydrogen-bond acceptors (Lipinski definition) is 3. The van der Waals surface area contributed by atoms with Gasteiger partial charge in [0.2, 0.25) is 5.91 Å². The number of para-hydroxylation sites is 1. The third-order valence-corrected chi connectivity index (χ3v) is 4.08. The van der Waals surface area contributed by atoms with Gasteiger partial charge in [0.05, 0.1) is 13.0 Å². The molecule has 1 aliphatic rings. The summed E-state index contributed by atoms with van der Waals surface area (Å²) in [5.74, 6) is -0.187. The number of ether oxygens (including phenoxy) is 1. The first-order chi connectivity index (χ1) is 9.90. The summed E-state index contributed by atoms with van der Waals surface area (Å²) >= 11 is 0. The Kier molecular flexibility index (Phi) is 4.83. The average molecular weight is 294 g/mol. The minimum absolute atomic E-state index is 0.0336. The molecule has 0 bridgehead atoms. The van der Waals surface area contributed by atoms with E-state index in [1.165, 1.54) is 6.07 Å². The van der Waals surface area contributed by atoms with Crippen molar-refractivity contribution in [1.82, 2.24) is 4.90 Å². The van der Waals surface area contributed by atoms with E-state index >= 15 is 0 Å². The summed E-state index contributed by atoms with van der Waals surface area (Å²) in [7, 11) is 0. The van der Waals surface area contributed by atoms with Crippen molar-refractivity contribution in [3.05, 3.63) is 30.1 Å². The van der Waals surface area contributed by atoms with Crippen molar-refractivity contribution in [2.45, 2.75) is 32.7 Å². The van der Waals surface area contributed by atoms with E-state index in [2.05, 4.69) is 13.8 Å². The van der Waals surface area contributed by atoms with Gasteiger partial charge in [-0.1, -0.05) is 26.0 Å². The van der Waals surface area contributed by atoms with Crippen LogP contribution in [-0.2, 0) is 4.79 Å². The van der Waals surface area contributed by atoms with E-state index in [1.54, 1.807) is 18.2 Å². The minimum atomic E-state index is -0.407. The topological polar surface area (TPSA) is 55.6 Å². The first-order valence-electron chi connectivity index (χ1n) is 7.31. The van der Waals surface area contributed by atoms with Crippen LogP contribution in [0.1, 0.15) is 26.7 Å². The van der Waals surface area contributed by atoms with Gasteiger partial charge in [-0.15, -0.1) is 0 Å². The Morgan fingerprint density at radius 1 is 1.48 bits per heavy atom. The van der Waals surface area contributed by atoms with E-state index in [-0.39, 0.29) is 36.1 Å². The zero-order valence-electron chi connectivity index (χ0n) is 12.6. The lowest BCUT2D eigenvalue weighted by Gasteiger charge is -2.42. The van der Waals surface area contributed by atoms with Gasteiger partial charge in [0, 0.05) is 19.1 Å². The standard InChI is InChI=1S/C16H23FN2O2/c1-16(2)11-19(9-7-14(16)18)15(20)8-10-21-13-6-4-3-5-12(13)17/h3-6,14H,7-11,18H2,1-2H3. The smallest absolute Gasteiger partial charge is 0.226 e. The van der Waals surface area contributed by atoms with Crippen LogP contribution >= 0.6 is 0 Å². The monoisotopic (exact) mass is 294 g/mol. The Bertz CT molecular complexity index is 505. The molecule has 1 atom stereocenters. The molecule has 1 aliphatic heterocycles. The number of halogens is 1. The summed E-state index contributed by atoms with van der Waals surface area (Å²) in [5, 5.41) is 0. The Morgan fingerprint density at radius 3 is 2.86 bits per heavy atom. The number of hydrogen-bond donors (Lipinski definition) is 1. The van der Waals surface area contributed by atoms with Crippen LogP contribution in [0.4, 0.5) is 4.39 Å². The molecule has 1 unspecified atom stereocenters. The van der Waals surface area contributed by atoms with E-state index < -0.39 is 5.82 Å². The first kappa shape index (κ1) is 15.8. The Balaban J connectivity index is 1.81. The lowest BCUT2D eigenvalue weighted by atomic mass is 9.79. The number of amides is 1. The van der Waals surface area contributed by atoms with Crippen molar-refractivity contribution in [3.63, 3.8) is 0 Å². The predicted molar refractivity (Wildman–Crippen MR) is 79.5 cm³/mol. The Morgan fingerprint density at radius 2 is 2.19 bits per heavy atom. The quantitative estimate of drug-likeness (QED) is 0.926. The number of piperidine rings is 1. The number of carbonyl (C=O) groups is 1. The van der Waals surface area contributed by atoms with Crippen LogP contribution in [-0.4, -0.2) is 36.5 Å². The van der Waals surface area contributed by atoms with Crippen molar-refractivity contribution in [2.24, 2.45) is 11.1 Å². The fourth-order valence-electron chi connectivity index (χ4n) is 2.55. The maximum Gasteiger partial charge on any atom is 0.226 e. The molecule has 1 aromatic rings. The SMILES string of the molecule is CC1(C)CN(C(=O)CCOc2ccccc2F)CCC1N. The second-order valence-electron chi connectivity index (χ2n) is 6.23. The molecular formula is C16H23FN2O2. The van der Waals surface area contributed by atoms with Gasteiger partial charge in [-0.3, -0.25) is 4.79 Å². The van der Waals surface area contributed by atoms with Crippen LogP contribution in [0.2, 0.25) is 0 Å². The average Bonchev–Trinajstić information content (AvgIpc) is 2.43. The van der Waals surface area contributed by atoms with E-state index in [9.17, 15) is 9.18 Å². The highest BCUT2D eigenvalue weighted by Crippen LogP contribution is 2.28. The van der Waals surface area contributed by atoms with Crippen molar-refractivity contribution >= 4 is 5.91 Å². The van der Waals surface area contributed by atoms with Crippen molar-refractivity contribution in [3.8, 4) is 5.75 Å². The van der Waals surface area contributed by atoms with E-state index in [0.29, 0.717) is 13.1 Å². The summed E-state index contributed by atoms with van der Waals surface area (Å²) in [6, 6.07) is 6.33. The van der Waals surface area contributed by atoms with Crippen LogP contribution in [0.3, 0.4) is 0 Å². The highest BCUT2D eigenvalue weighted by Gasteiger charge is 2.35. The third-order valence-electron chi connectivity index (χ3n) is 4.08. The third kappa shape index (κ3) is 3.94. The fourth-order valence-corrected chi connectivity index (χ4v) is 2.55. The molecule has 1 saturated heterocycles. The van der Waals surface area contributed by atoms with Gasteiger partial charge in [-0.25, -0.2) is 4.39 Å². The molecule has 2 N–H and O–H groups in total. The maximum absolute atomic E-state index is 13.4. The number of carbonyl (C=O) groups excluding carboxylic acids is 1. The summed E-state index contributed by atoms with van der Waals surface area (Å²) in [4.78, 5) is 14.0. The van der Waals surface area contributed by atoms with Gasteiger partial charge in [0.25, 0.3) is 0 Å². The normalized spacial score (nSPS) is 21.1. The van der Waals surface area contributed by atoms with Crippen LogP contribution in [0.25, 0.3) is 0 Å². The van der Waals surface area contributed by atoms with Gasteiger partial charge in [0.1, 0.15) is 0 Å². The number of nitrogens with two attached hydrogens (primary N) is 1. The fraction of sp³-hybridized carbons (Fsp3) is 0.562. The summed E-state index contributed by atoms with van der Waals surface area (Å²) < 4.78 is 18.7. The Hall–Kier alpha value is -1.62. The van der Waals surface area contributed by atoms with Crippen LogP contribution in [0.15, 0.2) is 24.3 Å². The van der Waals surface area contributed by atoms with E-state index in [1.807, 2.05) is 4.90 Å². The molecule has 1 amide bonds. The van der Waals surface area contributed by atoms with E-state index in [0.717, 1.165) is 6.42 Å². The molecule has 116 valence electrons. The molecule has 1 fully saturated rings. The largest absolute Gasteiger partial charge is 0.490 e. The van der Waals surface area contributed by atoms with Gasteiger partial charge < -0.3 is 15.4 Å². The van der Waals surface area contributed by atoms with Gasteiger partial charge >= 0.3 is 0 Å². The zero-order valence-corrected chi connectivity index (χ0v) is 12.6.